The van der Waals surface area contributed by atoms with Crippen LogP contribution in [0.5, 0.6) is 0 Å². The lowest BCUT2D eigenvalue weighted by atomic mass is 9.97. The molecule has 0 heterocycles. The zero-order valence-electron chi connectivity index (χ0n) is 11.0. The van der Waals surface area contributed by atoms with Gasteiger partial charge in [0.1, 0.15) is 11.6 Å². The third kappa shape index (κ3) is 3.39. The molecule has 1 N–H and O–H groups in total. The predicted molar refractivity (Wildman–Crippen MR) is 68.7 cm³/mol. The first-order valence-electron chi connectivity index (χ1n) is 6.12. The molecule has 1 nitrogen and oxygen atoms in total. The summed E-state index contributed by atoms with van der Waals surface area (Å²) in [6.45, 7) is 0. The van der Waals surface area contributed by atoms with Gasteiger partial charge in [-0.05, 0) is 30.8 Å². The number of nitrogens with one attached hydrogen (secondary N) is 1. The third-order valence-electron chi connectivity index (χ3n) is 3.13. The second kappa shape index (κ2) is 5.81. The molecule has 0 aromatic heterocycles. The fraction of sp³-hybridized carbons (Fsp3) is 0.200. The summed E-state index contributed by atoms with van der Waals surface area (Å²) in [6, 6.07) is 6.86. The maximum Gasteiger partial charge on any atom is 0.416 e. The van der Waals surface area contributed by atoms with Crippen molar-refractivity contribution in [1.82, 2.24) is 5.32 Å². The summed E-state index contributed by atoms with van der Waals surface area (Å²) in [5, 5.41) is 2.81. The number of benzene rings is 2. The largest absolute Gasteiger partial charge is 0.416 e. The molecule has 0 aliphatic rings. The first-order chi connectivity index (χ1) is 9.82. The van der Waals surface area contributed by atoms with Gasteiger partial charge in [-0.3, -0.25) is 0 Å². The van der Waals surface area contributed by atoms with Crippen LogP contribution >= 0.6 is 0 Å². The van der Waals surface area contributed by atoms with Crippen molar-refractivity contribution in [2.75, 3.05) is 7.05 Å². The number of hydrogen-bond donors (Lipinski definition) is 1. The van der Waals surface area contributed by atoms with Crippen molar-refractivity contribution in [1.29, 1.82) is 0 Å². The summed E-state index contributed by atoms with van der Waals surface area (Å²) in [7, 11) is 1.55. The lowest BCUT2D eigenvalue weighted by Gasteiger charge is -2.18. The number of hydrogen-bond acceptors (Lipinski definition) is 1. The maximum absolute atomic E-state index is 13.8. The summed E-state index contributed by atoms with van der Waals surface area (Å²) in [5.74, 6) is -1.47. The van der Waals surface area contributed by atoms with Gasteiger partial charge in [0, 0.05) is 11.6 Å². The Morgan fingerprint density at radius 3 is 2.05 bits per heavy atom. The van der Waals surface area contributed by atoms with E-state index in [0.29, 0.717) is 5.56 Å². The number of alkyl halides is 3. The average molecular weight is 301 g/mol. The molecule has 2 rings (SSSR count). The van der Waals surface area contributed by atoms with Crippen LogP contribution < -0.4 is 5.32 Å². The lowest BCUT2D eigenvalue weighted by Crippen LogP contribution is -2.19. The zero-order valence-corrected chi connectivity index (χ0v) is 11.0. The van der Waals surface area contributed by atoms with Crippen LogP contribution in [-0.2, 0) is 6.18 Å². The molecule has 0 bridgehead atoms. The van der Waals surface area contributed by atoms with Crippen LogP contribution in [0.2, 0.25) is 0 Å². The van der Waals surface area contributed by atoms with E-state index in [0.717, 1.165) is 24.3 Å². The highest BCUT2D eigenvalue weighted by Gasteiger charge is 2.30. The van der Waals surface area contributed by atoms with Crippen molar-refractivity contribution in [2.24, 2.45) is 0 Å². The Morgan fingerprint density at radius 2 is 1.57 bits per heavy atom. The predicted octanol–water partition coefficient (Wildman–Crippen LogP) is 4.29. The van der Waals surface area contributed by atoms with E-state index in [9.17, 15) is 22.0 Å². The van der Waals surface area contributed by atoms with Crippen molar-refractivity contribution >= 4 is 0 Å². The molecule has 2 aromatic carbocycles. The van der Waals surface area contributed by atoms with Crippen LogP contribution in [0, 0.1) is 11.6 Å². The molecule has 0 aliphatic carbocycles. The van der Waals surface area contributed by atoms with Gasteiger partial charge in [-0.2, -0.15) is 13.2 Å². The van der Waals surface area contributed by atoms with Gasteiger partial charge in [0.15, 0.2) is 0 Å². The molecule has 0 saturated heterocycles. The first kappa shape index (κ1) is 15.4. The normalized spacial score (nSPS) is 13.2. The summed E-state index contributed by atoms with van der Waals surface area (Å²) < 4.78 is 64.2. The fourth-order valence-electron chi connectivity index (χ4n) is 2.10. The molecule has 6 heteroatoms. The Morgan fingerprint density at radius 1 is 0.952 bits per heavy atom. The van der Waals surface area contributed by atoms with Gasteiger partial charge < -0.3 is 5.32 Å². The van der Waals surface area contributed by atoms with E-state index in [-0.39, 0.29) is 5.56 Å². The Hall–Kier alpha value is -1.95. The summed E-state index contributed by atoms with van der Waals surface area (Å²) in [4.78, 5) is 0. The number of halogens is 5. The van der Waals surface area contributed by atoms with Crippen molar-refractivity contribution in [2.45, 2.75) is 12.2 Å². The van der Waals surface area contributed by atoms with Crippen molar-refractivity contribution in [3.8, 4) is 0 Å². The summed E-state index contributed by atoms with van der Waals surface area (Å²) in [6.07, 6.45) is -4.42. The van der Waals surface area contributed by atoms with E-state index in [1.165, 1.54) is 18.2 Å². The van der Waals surface area contributed by atoms with Crippen LogP contribution in [0.4, 0.5) is 22.0 Å². The van der Waals surface area contributed by atoms with E-state index in [1.54, 1.807) is 7.05 Å². The minimum Gasteiger partial charge on any atom is -0.309 e. The molecule has 0 saturated carbocycles. The molecule has 0 spiro atoms. The van der Waals surface area contributed by atoms with Gasteiger partial charge in [-0.15, -0.1) is 0 Å². The lowest BCUT2D eigenvalue weighted by molar-refractivity contribution is -0.137. The van der Waals surface area contributed by atoms with Crippen LogP contribution in [-0.4, -0.2) is 7.05 Å². The zero-order chi connectivity index (χ0) is 15.6. The van der Waals surface area contributed by atoms with E-state index < -0.39 is 29.4 Å². The highest BCUT2D eigenvalue weighted by molar-refractivity contribution is 5.35. The Bertz CT molecular complexity index is 619. The smallest absolute Gasteiger partial charge is 0.309 e. The van der Waals surface area contributed by atoms with Crippen LogP contribution in [0.3, 0.4) is 0 Å². The van der Waals surface area contributed by atoms with Crippen LogP contribution in [0.1, 0.15) is 22.7 Å². The molecule has 0 radical (unpaired) electrons. The maximum atomic E-state index is 13.8. The molecule has 0 amide bonds. The second-order valence-electron chi connectivity index (χ2n) is 4.51. The summed E-state index contributed by atoms with van der Waals surface area (Å²) in [5.41, 5.74) is -0.157. The second-order valence-corrected chi connectivity index (χ2v) is 4.51. The monoisotopic (exact) mass is 301 g/mol. The van der Waals surface area contributed by atoms with Gasteiger partial charge in [0.25, 0.3) is 0 Å². The minimum absolute atomic E-state index is 0.165. The highest BCUT2D eigenvalue weighted by atomic mass is 19.4. The standard InChI is InChI=1S/C15H12F5N/c1-21-14(12-7-6-11(16)8-13(12)17)9-2-4-10(5-3-9)15(18,19)20/h2-8,14,21H,1H3. The van der Waals surface area contributed by atoms with Crippen LogP contribution in [0.15, 0.2) is 42.5 Å². The van der Waals surface area contributed by atoms with Gasteiger partial charge in [-0.25, -0.2) is 8.78 Å². The van der Waals surface area contributed by atoms with Gasteiger partial charge in [-0.1, -0.05) is 18.2 Å². The quantitative estimate of drug-likeness (QED) is 0.834. The molecule has 0 aliphatic heterocycles. The molecule has 1 atom stereocenters. The van der Waals surface area contributed by atoms with Crippen molar-refractivity contribution in [3.63, 3.8) is 0 Å². The fourth-order valence-corrected chi connectivity index (χ4v) is 2.10. The summed E-state index contributed by atoms with van der Waals surface area (Å²) >= 11 is 0. The van der Waals surface area contributed by atoms with Gasteiger partial charge in [0.2, 0.25) is 0 Å². The average Bonchev–Trinajstić information content (AvgIpc) is 2.41. The Labute approximate surface area is 118 Å². The van der Waals surface area contributed by atoms with Crippen LogP contribution in [0.25, 0.3) is 0 Å². The van der Waals surface area contributed by atoms with Crippen molar-refractivity contribution in [3.05, 3.63) is 70.8 Å². The molecule has 112 valence electrons. The molecular weight excluding hydrogens is 289 g/mol. The van der Waals surface area contributed by atoms with Gasteiger partial charge >= 0.3 is 6.18 Å². The Kier molecular flexibility index (Phi) is 4.27. The molecule has 21 heavy (non-hydrogen) atoms. The molecular formula is C15H12F5N. The SMILES string of the molecule is CNC(c1ccc(C(F)(F)F)cc1)c1ccc(F)cc1F. The topological polar surface area (TPSA) is 12.0 Å². The van der Waals surface area contributed by atoms with Gasteiger partial charge in [0.05, 0.1) is 11.6 Å². The van der Waals surface area contributed by atoms with E-state index in [4.69, 9.17) is 0 Å². The molecule has 2 aromatic rings. The highest BCUT2D eigenvalue weighted by Crippen LogP contribution is 2.31. The molecule has 1 unspecified atom stereocenters. The van der Waals surface area contributed by atoms with E-state index in [1.807, 2.05) is 0 Å². The minimum atomic E-state index is -4.42. The van der Waals surface area contributed by atoms with E-state index >= 15 is 0 Å². The Balaban J connectivity index is 2.37. The third-order valence-corrected chi connectivity index (χ3v) is 3.13. The molecule has 0 fully saturated rings. The first-order valence-corrected chi connectivity index (χ1v) is 6.12. The van der Waals surface area contributed by atoms with E-state index in [2.05, 4.69) is 5.32 Å². The number of rotatable bonds is 3. The van der Waals surface area contributed by atoms with Crippen molar-refractivity contribution < 1.29 is 22.0 Å².